The SMILES string of the molecule is Cc1cc2cc(Cc3ccnc(Cc4cccc(CN5CCN(S(C)(=O)=O)CC5)c4)n3)ccc2[nH]1. The van der Waals surface area contributed by atoms with Crippen LogP contribution in [0.15, 0.2) is 60.8 Å². The Balaban J connectivity index is 1.22. The van der Waals surface area contributed by atoms with Crippen molar-refractivity contribution in [3.05, 3.63) is 94.7 Å². The molecule has 5 rings (SSSR count). The number of H-pyrrole nitrogens is 1. The van der Waals surface area contributed by atoms with Gasteiger partial charge in [0.15, 0.2) is 0 Å². The van der Waals surface area contributed by atoms with Crippen molar-refractivity contribution >= 4 is 20.9 Å². The highest BCUT2D eigenvalue weighted by atomic mass is 32.2. The molecule has 35 heavy (non-hydrogen) atoms. The number of sulfonamides is 1. The first-order valence-electron chi connectivity index (χ1n) is 12.0. The minimum Gasteiger partial charge on any atom is -0.359 e. The molecule has 0 unspecified atom stereocenters. The van der Waals surface area contributed by atoms with Gasteiger partial charge in [-0.25, -0.2) is 18.4 Å². The molecule has 0 amide bonds. The fraction of sp³-hybridized carbons (Fsp3) is 0.333. The highest BCUT2D eigenvalue weighted by molar-refractivity contribution is 7.88. The third kappa shape index (κ3) is 5.96. The van der Waals surface area contributed by atoms with E-state index >= 15 is 0 Å². The Morgan fingerprint density at radius 1 is 0.914 bits per heavy atom. The molecule has 8 heteroatoms. The Bertz CT molecular complexity index is 1440. The van der Waals surface area contributed by atoms with Crippen molar-refractivity contribution in [1.29, 1.82) is 0 Å². The topological polar surface area (TPSA) is 82.2 Å². The first-order valence-corrected chi connectivity index (χ1v) is 13.8. The zero-order valence-corrected chi connectivity index (χ0v) is 21.1. The number of hydrogen-bond acceptors (Lipinski definition) is 5. The summed E-state index contributed by atoms with van der Waals surface area (Å²) in [4.78, 5) is 15.0. The van der Waals surface area contributed by atoms with Crippen LogP contribution in [0.4, 0.5) is 0 Å². The van der Waals surface area contributed by atoms with Gasteiger partial charge in [-0.2, -0.15) is 4.31 Å². The molecular formula is C27H31N5O2S. The van der Waals surface area contributed by atoms with Crippen LogP contribution >= 0.6 is 0 Å². The lowest BCUT2D eigenvalue weighted by molar-refractivity contribution is 0.182. The summed E-state index contributed by atoms with van der Waals surface area (Å²) < 4.78 is 25.0. The molecule has 7 nitrogen and oxygen atoms in total. The molecule has 0 saturated carbocycles. The highest BCUT2D eigenvalue weighted by Crippen LogP contribution is 2.19. The zero-order valence-electron chi connectivity index (χ0n) is 20.2. The molecule has 3 heterocycles. The first-order chi connectivity index (χ1) is 16.8. The number of aryl methyl sites for hydroxylation is 1. The molecule has 182 valence electrons. The Kier molecular flexibility index (Phi) is 6.69. The summed E-state index contributed by atoms with van der Waals surface area (Å²) in [5.74, 6) is 0.819. The van der Waals surface area contributed by atoms with Gasteiger partial charge in [-0.05, 0) is 53.3 Å². The third-order valence-electron chi connectivity index (χ3n) is 6.53. The Labute approximate surface area is 206 Å². The van der Waals surface area contributed by atoms with Crippen molar-refractivity contribution in [2.45, 2.75) is 26.3 Å². The highest BCUT2D eigenvalue weighted by Gasteiger charge is 2.23. The first kappa shape index (κ1) is 23.7. The molecule has 0 spiro atoms. The number of aromatic nitrogens is 3. The predicted octanol–water partition coefficient (Wildman–Crippen LogP) is 3.53. The van der Waals surface area contributed by atoms with Gasteiger partial charge < -0.3 is 4.98 Å². The van der Waals surface area contributed by atoms with Gasteiger partial charge in [-0.1, -0.05) is 30.3 Å². The molecule has 4 aromatic rings. The average molecular weight is 490 g/mol. The van der Waals surface area contributed by atoms with Crippen molar-refractivity contribution in [2.75, 3.05) is 32.4 Å². The van der Waals surface area contributed by atoms with Crippen LogP contribution in [-0.2, 0) is 29.4 Å². The minimum atomic E-state index is -3.10. The van der Waals surface area contributed by atoms with Crippen molar-refractivity contribution in [3.63, 3.8) is 0 Å². The summed E-state index contributed by atoms with van der Waals surface area (Å²) in [6.07, 6.45) is 4.58. The van der Waals surface area contributed by atoms with Crippen LogP contribution in [0.2, 0.25) is 0 Å². The normalized spacial score (nSPS) is 15.6. The van der Waals surface area contributed by atoms with Gasteiger partial charge in [-0.3, -0.25) is 4.90 Å². The van der Waals surface area contributed by atoms with Crippen LogP contribution in [-0.4, -0.2) is 65.0 Å². The van der Waals surface area contributed by atoms with Crippen molar-refractivity contribution < 1.29 is 8.42 Å². The number of benzene rings is 2. The quantitative estimate of drug-likeness (QED) is 0.430. The molecule has 1 aliphatic heterocycles. The number of piperazine rings is 1. The second-order valence-electron chi connectivity index (χ2n) is 9.45. The smallest absolute Gasteiger partial charge is 0.211 e. The lowest BCUT2D eigenvalue weighted by atomic mass is 10.1. The number of fused-ring (bicyclic) bond motifs is 1. The summed E-state index contributed by atoms with van der Waals surface area (Å²) in [5, 5.41) is 1.23. The van der Waals surface area contributed by atoms with E-state index in [1.807, 2.05) is 12.3 Å². The van der Waals surface area contributed by atoms with E-state index in [0.717, 1.165) is 43.1 Å². The number of rotatable bonds is 7. The van der Waals surface area contributed by atoms with E-state index in [4.69, 9.17) is 4.98 Å². The van der Waals surface area contributed by atoms with Crippen LogP contribution in [0.1, 0.15) is 33.9 Å². The second kappa shape index (κ2) is 9.89. The standard InChI is InChI=1S/C27H31N5O2S/c1-20-14-24-16-22(6-7-26(24)29-20)17-25-8-9-28-27(30-25)18-21-4-3-5-23(15-21)19-31-10-12-32(13-11-31)35(2,33)34/h3-9,14-16,29H,10-13,17-19H2,1-2H3. The van der Waals surface area contributed by atoms with E-state index in [0.29, 0.717) is 19.5 Å². The summed E-state index contributed by atoms with van der Waals surface area (Å²) in [7, 11) is -3.10. The number of aromatic amines is 1. The van der Waals surface area contributed by atoms with Crippen molar-refractivity contribution in [3.8, 4) is 0 Å². The van der Waals surface area contributed by atoms with Crippen molar-refractivity contribution in [2.24, 2.45) is 0 Å². The number of nitrogens with zero attached hydrogens (tertiary/aromatic N) is 4. The Morgan fingerprint density at radius 2 is 1.69 bits per heavy atom. The molecule has 1 saturated heterocycles. The van der Waals surface area contributed by atoms with E-state index in [1.54, 1.807) is 4.31 Å². The van der Waals surface area contributed by atoms with E-state index < -0.39 is 10.0 Å². The monoisotopic (exact) mass is 489 g/mol. The molecule has 1 aliphatic rings. The molecule has 0 atom stereocenters. The van der Waals surface area contributed by atoms with Crippen LogP contribution < -0.4 is 0 Å². The van der Waals surface area contributed by atoms with E-state index in [1.165, 1.54) is 34.0 Å². The van der Waals surface area contributed by atoms with E-state index in [2.05, 4.69) is 70.3 Å². The summed E-state index contributed by atoms with van der Waals surface area (Å²) in [6, 6.07) is 19.2. The lowest BCUT2D eigenvalue weighted by Gasteiger charge is -2.33. The van der Waals surface area contributed by atoms with Crippen LogP contribution in [0.5, 0.6) is 0 Å². The van der Waals surface area contributed by atoms with Gasteiger partial charge in [0, 0.05) is 68.7 Å². The van der Waals surface area contributed by atoms with Crippen LogP contribution in [0.25, 0.3) is 10.9 Å². The minimum absolute atomic E-state index is 0.551. The Morgan fingerprint density at radius 3 is 2.49 bits per heavy atom. The van der Waals surface area contributed by atoms with Gasteiger partial charge in [0.05, 0.1) is 6.26 Å². The summed E-state index contributed by atoms with van der Waals surface area (Å²) in [6.45, 7) is 5.48. The lowest BCUT2D eigenvalue weighted by Crippen LogP contribution is -2.47. The fourth-order valence-corrected chi connectivity index (χ4v) is 5.60. The molecule has 0 radical (unpaired) electrons. The molecule has 1 N–H and O–H groups in total. The van der Waals surface area contributed by atoms with Crippen molar-refractivity contribution in [1.82, 2.24) is 24.2 Å². The molecule has 1 fully saturated rings. The van der Waals surface area contributed by atoms with Gasteiger partial charge in [-0.15, -0.1) is 0 Å². The zero-order chi connectivity index (χ0) is 24.4. The fourth-order valence-electron chi connectivity index (χ4n) is 4.77. The Hall–Kier alpha value is -3.07. The van der Waals surface area contributed by atoms with Crippen LogP contribution in [0.3, 0.4) is 0 Å². The summed E-state index contributed by atoms with van der Waals surface area (Å²) >= 11 is 0. The van der Waals surface area contributed by atoms with Gasteiger partial charge >= 0.3 is 0 Å². The molecular weight excluding hydrogens is 458 g/mol. The largest absolute Gasteiger partial charge is 0.359 e. The second-order valence-corrected chi connectivity index (χ2v) is 11.4. The summed E-state index contributed by atoms with van der Waals surface area (Å²) in [5.41, 5.74) is 6.98. The third-order valence-corrected chi connectivity index (χ3v) is 7.83. The molecule has 2 aromatic heterocycles. The number of nitrogens with one attached hydrogen (secondary N) is 1. The predicted molar refractivity (Wildman–Crippen MR) is 139 cm³/mol. The molecule has 0 bridgehead atoms. The van der Waals surface area contributed by atoms with E-state index in [-0.39, 0.29) is 0 Å². The maximum Gasteiger partial charge on any atom is 0.211 e. The molecule has 0 aliphatic carbocycles. The average Bonchev–Trinajstić information content (AvgIpc) is 3.19. The van der Waals surface area contributed by atoms with E-state index in [9.17, 15) is 8.42 Å². The maximum absolute atomic E-state index is 11.7. The van der Waals surface area contributed by atoms with Gasteiger partial charge in [0.1, 0.15) is 5.82 Å². The maximum atomic E-state index is 11.7. The number of hydrogen-bond donors (Lipinski definition) is 1. The van der Waals surface area contributed by atoms with Crippen LogP contribution in [0, 0.1) is 6.92 Å². The van der Waals surface area contributed by atoms with Gasteiger partial charge in [0.2, 0.25) is 10.0 Å². The van der Waals surface area contributed by atoms with Gasteiger partial charge in [0.25, 0.3) is 0 Å². The molecule has 2 aromatic carbocycles.